The van der Waals surface area contributed by atoms with E-state index in [4.69, 9.17) is 10.5 Å². The molecule has 0 atom stereocenters. The van der Waals surface area contributed by atoms with Gasteiger partial charge in [0.1, 0.15) is 10.8 Å². The Labute approximate surface area is 145 Å². The molecule has 0 aliphatic carbocycles. The molecular weight excluding hydrogens is 347 g/mol. The van der Waals surface area contributed by atoms with E-state index in [0.717, 1.165) is 16.3 Å². The van der Waals surface area contributed by atoms with Crippen LogP contribution >= 0.6 is 36.2 Å². The van der Waals surface area contributed by atoms with Crippen LogP contribution in [0.25, 0.3) is 0 Å². The van der Waals surface area contributed by atoms with Crippen molar-refractivity contribution in [1.29, 1.82) is 0 Å². The van der Waals surface area contributed by atoms with Gasteiger partial charge >= 0.3 is 0 Å². The summed E-state index contributed by atoms with van der Waals surface area (Å²) in [6.07, 6.45) is 0.643. The quantitative estimate of drug-likeness (QED) is 0.819. The molecule has 0 saturated carbocycles. The molecule has 0 fully saturated rings. The molecule has 0 unspecified atom stereocenters. The van der Waals surface area contributed by atoms with Crippen molar-refractivity contribution in [1.82, 2.24) is 10.2 Å². The van der Waals surface area contributed by atoms with Crippen LogP contribution in [0, 0.1) is 6.92 Å². The van der Waals surface area contributed by atoms with Crippen LogP contribution in [-0.2, 0) is 11.2 Å². The van der Waals surface area contributed by atoms with Gasteiger partial charge in [-0.2, -0.15) is 0 Å². The second kappa shape index (κ2) is 10.3. The third-order valence-electron chi connectivity index (χ3n) is 2.47. The van der Waals surface area contributed by atoms with Gasteiger partial charge in [-0.05, 0) is 24.6 Å². The molecule has 0 saturated heterocycles. The van der Waals surface area contributed by atoms with Crippen LogP contribution in [-0.4, -0.2) is 29.3 Å². The van der Waals surface area contributed by atoms with Crippen LogP contribution in [0.3, 0.4) is 0 Å². The van der Waals surface area contributed by atoms with Gasteiger partial charge in [0, 0.05) is 6.42 Å². The molecule has 6 nitrogen and oxygen atoms in total. The number of anilines is 1. The van der Waals surface area contributed by atoms with Crippen molar-refractivity contribution in [2.75, 3.05) is 18.5 Å². The first-order valence-electron chi connectivity index (χ1n) is 6.19. The van der Waals surface area contributed by atoms with Crippen molar-refractivity contribution >= 4 is 47.2 Å². The lowest BCUT2D eigenvalue weighted by atomic mass is 10.2. The summed E-state index contributed by atoms with van der Waals surface area (Å²) >= 11 is 1.33. The number of nitrogens with one attached hydrogen (secondary N) is 1. The van der Waals surface area contributed by atoms with Crippen molar-refractivity contribution < 1.29 is 9.53 Å². The number of aromatic nitrogens is 2. The van der Waals surface area contributed by atoms with Gasteiger partial charge in [0.25, 0.3) is 0 Å². The fraction of sp³-hybridized carbons (Fsp3) is 0.308. The normalized spacial score (nSPS) is 9.36. The fourth-order valence-electron chi connectivity index (χ4n) is 1.54. The number of halogens is 2. The zero-order chi connectivity index (χ0) is 14.4. The molecule has 0 aliphatic rings. The molecule has 122 valence electrons. The summed E-state index contributed by atoms with van der Waals surface area (Å²) in [5, 5.41) is 11.7. The molecule has 2 aromatic rings. The predicted molar refractivity (Wildman–Crippen MR) is 92.5 cm³/mol. The lowest BCUT2D eigenvalue weighted by molar-refractivity contribution is -0.114. The molecule has 0 spiro atoms. The Morgan fingerprint density at radius 3 is 2.82 bits per heavy atom. The van der Waals surface area contributed by atoms with Crippen molar-refractivity contribution in [3.8, 4) is 5.75 Å². The summed E-state index contributed by atoms with van der Waals surface area (Å²) in [6.45, 7) is 2.47. The van der Waals surface area contributed by atoms with E-state index in [1.165, 1.54) is 11.3 Å². The van der Waals surface area contributed by atoms with E-state index in [2.05, 4.69) is 15.5 Å². The Morgan fingerprint density at radius 2 is 2.14 bits per heavy atom. The van der Waals surface area contributed by atoms with Crippen molar-refractivity contribution in [2.45, 2.75) is 13.3 Å². The molecule has 0 aliphatic heterocycles. The highest BCUT2D eigenvalue weighted by Gasteiger charge is 2.07. The minimum atomic E-state index is -0.274. The molecule has 0 bridgehead atoms. The number of nitrogens with zero attached hydrogens (tertiary/aromatic N) is 2. The number of ether oxygens (including phenoxy) is 1. The van der Waals surface area contributed by atoms with Crippen LogP contribution in [0.2, 0.25) is 0 Å². The summed E-state index contributed by atoms with van der Waals surface area (Å²) < 4.78 is 5.63. The Bertz CT molecular complexity index is 595. The maximum Gasteiger partial charge on any atom is 0.239 e. The topological polar surface area (TPSA) is 90.1 Å². The van der Waals surface area contributed by atoms with Crippen molar-refractivity contribution in [3.05, 3.63) is 34.8 Å². The summed E-state index contributed by atoms with van der Waals surface area (Å²) in [5.41, 5.74) is 6.37. The Morgan fingerprint density at radius 1 is 1.36 bits per heavy atom. The third-order valence-corrected chi connectivity index (χ3v) is 3.37. The minimum absolute atomic E-state index is 0. The molecule has 1 amide bonds. The standard InChI is InChI=1S/C13H16N4O2S.2ClH/c1-9-3-2-4-10(7-9)19-6-5-12-16-17-13(20-12)15-11(18)8-14;;/h2-4,7H,5-6,8,14H2,1H3,(H,15,17,18);2*1H. The zero-order valence-electron chi connectivity index (χ0n) is 11.9. The van der Waals surface area contributed by atoms with Gasteiger partial charge in [-0.1, -0.05) is 23.5 Å². The number of nitrogens with two attached hydrogens (primary N) is 1. The van der Waals surface area contributed by atoms with Crippen molar-refractivity contribution in [3.63, 3.8) is 0 Å². The van der Waals surface area contributed by atoms with E-state index in [1.54, 1.807) is 0 Å². The number of carbonyl (C=O) groups excluding carboxylic acids is 1. The predicted octanol–water partition coefficient (Wildman–Crippen LogP) is 2.21. The van der Waals surface area contributed by atoms with Gasteiger partial charge in [0.2, 0.25) is 11.0 Å². The number of amides is 1. The highest BCUT2D eigenvalue weighted by molar-refractivity contribution is 7.15. The van der Waals surface area contributed by atoms with Crippen LogP contribution < -0.4 is 15.8 Å². The average molecular weight is 365 g/mol. The van der Waals surface area contributed by atoms with Gasteiger partial charge in [0.15, 0.2) is 0 Å². The largest absolute Gasteiger partial charge is 0.493 e. The van der Waals surface area contributed by atoms with E-state index >= 15 is 0 Å². The number of carbonyl (C=O) groups is 1. The smallest absolute Gasteiger partial charge is 0.239 e. The van der Waals surface area contributed by atoms with Gasteiger partial charge in [0.05, 0.1) is 13.2 Å². The lowest BCUT2D eigenvalue weighted by Crippen LogP contribution is -2.21. The molecule has 2 rings (SSSR count). The molecule has 1 heterocycles. The molecule has 9 heteroatoms. The number of hydrogen-bond donors (Lipinski definition) is 2. The maximum atomic E-state index is 11.1. The van der Waals surface area contributed by atoms with Gasteiger partial charge in [-0.15, -0.1) is 35.0 Å². The molecule has 3 N–H and O–H groups in total. The summed E-state index contributed by atoms with van der Waals surface area (Å²) in [6, 6.07) is 7.87. The third kappa shape index (κ3) is 6.57. The second-order valence-corrected chi connectivity index (χ2v) is 5.23. The molecular formula is C13H18Cl2N4O2S. The van der Waals surface area contributed by atoms with Gasteiger partial charge in [-0.25, -0.2) is 0 Å². The first-order valence-corrected chi connectivity index (χ1v) is 7.01. The molecule has 22 heavy (non-hydrogen) atoms. The van der Waals surface area contributed by atoms with Crippen molar-refractivity contribution in [2.24, 2.45) is 5.73 Å². The van der Waals surface area contributed by atoms with E-state index in [0.29, 0.717) is 18.2 Å². The van der Waals surface area contributed by atoms with E-state index in [-0.39, 0.29) is 37.3 Å². The fourth-order valence-corrected chi connectivity index (χ4v) is 2.27. The Kier molecular flexibility index (Phi) is 9.68. The van der Waals surface area contributed by atoms with Gasteiger partial charge < -0.3 is 10.5 Å². The van der Waals surface area contributed by atoms with E-state index < -0.39 is 0 Å². The van der Waals surface area contributed by atoms with Crippen LogP contribution in [0.5, 0.6) is 5.75 Å². The maximum absolute atomic E-state index is 11.1. The highest BCUT2D eigenvalue weighted by atomic mass is 35.5. The summed E-state index contributed by atoms with van der Waals surface area (Å²) in [7, 11) is 0. The van der Waals surface area contributed by atoms with E-state index in [1.807, 2.05) is 31.2 Å². The van der Waals surface area contributed by atoms with Crippen LogP contribution in [0.4, 0.5) is 5.13 Å². The first-order chi connectivity index (χ1) is 9.67. The van der Waals surface area contributed by atoms with E-state index in [9.17, 15) is 4.79 Å². The highest BCUT2D eigenvalue weighted by Crippen LogP contribution is 2.17. The molecule has 1 aromatic carbocycles. The summed E-state index contributed by atoms with van der Waals surface area (Å²) in [4.78, 5) is 11.1. The number of rotatable bonds is 6. The zero-order valence-corrected chi connectivity index (χ0v) is 14.4. The van der Waals surface area contributed by atoms with Crippen LogP contribution in [0.1, 0.15) is 10.6 Å². The minimum Gasteiger partial charge on any atom is -0.493 e. The van der Waals surface area contributed by atoms with Gasteiger partial charge in [-0.3, -0.25) is 10.1 Å². The second-order valence-electron chi connectivity index (χ2n) is 4.17. The SMILES string of the molecule is Cc1cccc(OCCc2nnc(NC(=O)CN)s2)c1.Cl.Cl. The number of benzene rings is 1. The Balaban J connectivity index is 0.00000220. The number of aryl methyl sites for hydroxylation is 1. The number of hydrogen-bond acceptors (Lipinski definition) is 6. The first kappa shape index (κ1) is 20.6. The monoisotopic (exact) mass is 364 g/mol. The average Bonchev–Trinajstić information content (AvgIpc) is 2.86. The summed E-state index contributed by atoms with van der Waals surface area (Å²) in [5.74, 6) is 0.565. The lowest BCUT2D eigenvalue weighted by Gasteiger charge is -2.04. The molecule has 1 aromatic heterocycles. The molecule has 0 radical (unpaired) electrons. The Hall–Kier alpha value is -1.41. The van der Waals surface area contributed by atoms with Crippen LogP contribution in [0.15, 0.2) is 24.3 Å².